The van der Waals surface area contributed by atoms with Gasteiger partial charge in [-0.3, -0.25) is 4.79 Å². The molecule has 1 aromatic carbocycles. The molecule has 0 radical (unpaired) electrons. The predicted molar refractivity (Wildman–Crippen MR) is 91.4 cm³/mol. The molecule has 2 heterocycles. The van der Waals surface area contributed by atoms with Crippen molar-refractivity contribution in [2.75, 3.05) is 0 Å². The lowest BCUT2D eigenvalue weighted by Gasteiger charge is -2.14. The van der Waals surface area contributed by atoms with Crippen molar-refractivity contribution < 1.29 is 19.4 Å². The van der Waals surface area contributed by atoms with Gasteiger partial charge in [-0.05, 0) is 30.4 Å². The Bertz CT molecular complexity index is 788. The molecule has 8 heteroatoms. The molecular formula is C15H10ClNO4S2. The van der Waals surface area contributed by atoms with Gasteiger partial charge in [-0.25, -0.2) is 4.79 Å². The SMILES string of the molecule is O=C1NC(=S)S/C1=C\C1=CCC(c2cc(C(=O)O)ccc2Cl)O1. The van der Waals surface area contributed by atoms with Crippen molar-refractivity contribution in [3.05, 3.63) is 57.2 Å². The fraction of sp³-hybridized carbons (Fsp3) is 0.133. The van der Waals surface area contributed by atoms with Gasteiger partial charge in [0.05, 0.1) is 10.5 Å². The highest BCUT2D eigenvalue weighted by Gasteiger charge is 2.26. The van der Waals surface area contributed by atoms with E-state index in [0.717, 1.165) is 0 Å². The number of hydrogen-bond acceptors (Lipinski definition) is 5. The first-order valence-electron chi connectivity index (χ1n) is 6.58. The maximum atomic E-state index is 11.6. The van der Waals surface area contributed by atoms with Crippen molar-refractivity contribution in [3.63, 3.8) is 0 Å². The fourth-order valence-electron chi connectivity index (χ4n) is 2.24. The van der Waals surface area contributed by atoms with Crippen LogP contribution in [0.15, 0.2) is 41.0 Å². The van der Waals surface area contributed by atoms with Crippen molar-refractivity contribution >= 4 is 51.8 Å². The van der Waals surface area contributed by atoms with Crippen LogP contribution in [-0.4, -0.2) is 21.3 Å². The number of thiocarbonyl (C=S) groups is 1. The number of thioether (sulfide) groups is 1. The minimum absolute atomic E-state index is 0.149. The standard InChI is InChI=1S/C15H10ClNO4S2/c16-10-3-1-7(14(19)20)5-9(10)11-4-2-8(21-11)6-12-13(18)17-15(22)23-12/h1-3,5-6,11H,4H2,(H,19,20)(H,17,18,22)/b12-6-. The number of aromatic carboxylic acids is 1. The number of halogens is 1. The topological polar surface area (TPSA) is 75.6 Å². The van der Waals surface area contributed by atoms with Gasteiger partial charge in [-0.1, -0.05) is 35.6 Å². The zero-order chi connectivity index (χ0) is 16.6. The minimum Gasteiger partial charge on any atom is -0.486 e. The normalized spacial score (nSPS) is 22.0. The molecule has 5 nitrogen and oxygen atoms in total. The summed E-state index contributed by atoms with van der Waals surface area (Å²) in [5.41, 5.74) is 0.756. The van der Waals surface area contributed by atoms with Gasteiger partial charge in [0.25, 0.3) is 5.91 Å². The molecule has 2 aliphatic rings. The van der Waals surface area contributed by atoms with E-state index in [-0.39, 0.29) is 17.6 Å². The van der Waals surface area contributed by atoms with Gasteiger partial charge in [0.15, 0.2) is 0 Å². The number of rotatable bonds is 3. The molecule has 1 amide bonds. The Hall–Kier alpha value is -1.83. The molecule has 2 aliphatic heterocycles. The van der Waals surface area contributed by atoms with Crippen LogP contribution in [0.2, 0.25) is 5.02 Å². The van der Waals surface area contributed by atoms with Gasteiger partial charge >= 0.3 is 5.97 Å². The zero-order valence-corrected chi connectivity index (χ0v) is 13.9. The van der Waals surface area contributed by atoms with E-state index < -0.39 is 5.97 Å². The van der Waals surface area contributed by atoms with Crippen LogP contribution in [0.25, 0.3) is 0 Å². The molecule has 118 valence electrons. The summed E-state index contributed by atoms with van der Waals surface area (Å²) in [7, 11) is 0. The van der Waals surface area contributed by atoms with Crippen LogP contribution in [0.5, 0.6) is 0 Å². The van der Waals surface area contributed by atoms with Crippen LogP contribution in [0.4, 0.5) is 0 Å². The molecule has 1 aromatic rings. The van der Waals surface area contributed by atoms with E-state index in [9.17, 15) is 9.59 Å². The van der Waals surface area contributed by atoms with E-state index in [1.165, 1.54) is 23.9 Å². The summed E-state index contributed by atoms with van der Waals surface area (Å²) >= 11 is 12.2. The second-order valence-corrected chi connectivity index (χ2v) is 6.97. The van der Waals surface area contributed by atoms with Gasteiger partial charge in [-0.15, -0.1) is 0 Å². The molecule has 3 rings (SSSR count). The molecule has 1 atom stereocenters. The Morgan fingerprint density at radius 3 is 2.96 bits per heavy atom. The number of carboxylic acid groups (broad SMARTS) is 1. The van der Waals surface area contributed by atoms with E-state index in [1.54, 1.807) is 12.1 Å². The summed E-state index contributed by atoms with van der Waals surface area (Å²) in [5, 5.41) is 12.0. The summed E-state index contributed by atoms with van der Waals surface area (Å²) in [6, 6.07) is 4.49. The maximum Gasteiger partial charge on any atom is 0.335 e. The first-order chi connectivity index (χ1) is 10.9. The highest BCUT2D eigenvalue weighted by atomic mass is 35.5. The zero-order valence-electron chi connectivity index (χ0n) is 11.5. The molecule has 23 heavy (non-hydrogen) atoms. The third-order valence-electron chi connectivity index (χ3n) is 3.32. The number of benzene rings is 1. The monoisotopic (exact) mass is 367 g/mol. The van der Waals surface area contributed by atoms with Crippen molar-refractivity contribution in [1.82, 2.24) is 5.32 Å². The van der Waals surface area contributed by atoms with E-state index in [4.69, 9.17) is 33.7 Å². The van der Waals surface area contributed by atoms with Crippen LogP contribution in [0.1, 0.15) is 28.4 Å². The van der Waals surface area contributed by atoms with Gasteiger partial charge in [0.1, 0.15) is 16.2 Å². The van der Waals surface area contributed by atoms with Gasteiger partial charge in [0, 0.05) is 17.0 Å². The van der Waals surface area contributed by atoms with Crippen molar-refractivity contribution in [1.29, 1.82) is 0 Å². The van der Waals surface area contributed by atoms with E-state index in [2.05, 4.69) is 5.32 Å². The Balaban J connectivity index is 1.78. The first-order valence-corrected chi connectivity index (χ1v) is 8.18. The number of amides is 1. The number of carbonyl (C=O) groups excluding carboxylic acids is 1. The van der Waals surface area contributed by atoms with E-state index in [1.807, 2.05) is 6.08 Å². The molecule has 0 spiro atoms. The summed E-state index contributed by atoms with van der Waals surface area (Å²) in [5.74, 6) is -0.739. The predicted octanol–water partition coefficient (Wildman–Crippen LogP) is 3.42. The highest BCUT2D eigenvalue weighted by Crippen LogP contribution is 2.37. The third kappa shape index (κ3) is 3.41. The lowest BCUT2D eigenvalue weighted by Crippen LogP contribution is -2.17. The number of allylic oxidation sites excluding steroid dienone is 1. The Kier molecular flexibility index (Phi) is 4.43. The average molecular weight is 368 g/mol. The smallest absolute Gasteiger partial charge is 0.335 e. The van der Waals surface area contributed by atoms with Gasteiger partial charge in [0.2, 0.25) is 0 Å². The molecule has 0 saturated carbocycles. The maximum absolute atomic E-state index is 11.6. The van der Waals surface area contributed by atoms with Crippen LogP contribution >= 0.6 is 35.6 Å². The van der Waals surface area contributed by atoms with Crippen LogP contribution < -0.4 is 5.32 Å². The quantitative estimate of drug-likeness (QED) is 0.629. The molecule has 0 bridgehead atoms. The number of hydrogen-bond donors (Lipinski definition) is 2. The summed E-state index contributed by atoms with van der Waals surface area (Å²) in [4.78, 5) is 23.2. The van der Waals surface area contributed by atoms with Crippen LogP contribution in [-0.2, 0) is 9.53 Å². The number of carbonyl (C=O) groups is 2. The number of nitrogens with one attached hydrogen (secondary N) is 1. The second-order valence-electron chi connectivity index (χ2n) is 4.84. The number of carboxylic acids is 1. The Morgan fingerprint density at radius 2 is 2.30 bits per heavy atom. The Labute approximate surface area is 146 Å². The minimum atomic E-state index is -1.02. The lowest BCUT2D eigenvalue weighted by molar-refractivity contribution is -0.115. The van der Waals surface area contributed by atoms with Crippen LogP contribution in [0.3, 0.4) is 0 Å². The molecular weight excluding hydrogens is 358 g/mol. The van der Waals surface area contributed by atoms with Crippen molar-refractivity contribution in [3.8, 4) is 0 Å². The summed E-state index contributed by atoms with van der Waals surface area (Å²) in [6.07, 6.45) is 3.61. The highest BCUT2D eigenvalue weighted by molar-refractivity contribution is 8.26. The Morgan fingerprint density at radius 1 is 1.52 bits per heavy atom. The molecule has 2 N–H and O–H groups in total. The second kappa shape index (κ2) is 6.35. The number of ether oxygens (including phenoxy) is 1. The molecule has 1 unspecified atom stereocenters. The van der Waals surface area contributed by atoms with E-state index >= 15 is 0 Å². The van der Waals surface area contributed by atoms with Crippen molar-refractivity contribution in [2.24, 2.45) is 0 Å². The molecule has 1 saturated heterocycles. The third-order valence-corrected chi connectivity index (χ3v) is 4.82. The van der Waals surface area contributed by atoms with E-state index in [0.29, 0.717) is 32.0 Å². The molecule has 0 aromatic heterocycles. The first kappa shape index (κ1) is 16.0. The average Bonchev–Trinajstić information content (AvgIpc) is 3.06. The lowest BCUT2D eigenvalue weighted by atomic mass is 10.0. The fourth-order valence-corrected chi connectivity index (χ4v) is 3.50. The van der Waals surface area contributed by atoms with Crippen molar-refractivity contribution in [2.45, 2.75) is 12.5 Å². The van der Waals surface area contributed by atoms with Gasteiger partial charge < -0.3 is 15.2 Å². The summed E-state index contributed by atoms with van der Waals surface area (Å²) in [6.45, 7) is 0. The van der Waals surface area contributed by atoms with Gasteiger partial charge in [-0.2, -0.15) is 0 Å². The van der Waals surface area contributed by atoms with Crippen LogP contribution in [0, 0.1) is 0 Å². The largest absolute Gasteiger partial charge is 0.486 e. The summed E-state index contributed by atoms with van der Waals surface area (Å²) < 4.78 is 6.19. The molecule has 0 aliphatic carbocycles. The molecule has 1 fully saturated rings.